The number of nitrogens with zero attached hydrogens (tertiary/aromatic N) is 1. The molecule has 0 spiro atoms. The number of hydrogen-bond donors (Lipinski definition) is 2. The van der Waals surface area contributed by atoms with Crippen molar-refractivity contribution in [2.75, 3.05) is 6.54 Å². The Morgan fingerprint density at radius 3 is 3.08 bits per heavy atom. The quantitative estimate of drug-likeness (QED) is 0.722. The van der Waals surface area contributed by atoms with Crippen molar-refractivity contribution in [1.82, 2.24) is 4.98 Å². The molecule has 0 saturated heterocycles. The molecule has 1 heterocycles. The van der Waals surface area contributed by atoms with Gasteiger partial charge in [0, 0.05) is 11.6 Å². The van der Waals surface area contributed by atoms with Crippen molar-refractivity contribution < 1.29 is 9.90 Å². The zero-order valence-electron chi connectivity index (χ0n) is 6.84. The number of nitrogens with two attached hydrogens (primary N) is 1. The van der Waals surface area contributed by atoms with E-state index >= 15 is 0 Å². The van der Waals surface area contributed by atoms with Crippen LogP contribution in [0.2, 0.25) is 0 Å². The standard InChI is InChI=1S/C7H10N2O2S2/c8-2-1-5(6(10)11)13-7-9-3-4-12-7/h3-5H,1-2,8H2,(H,10,11). The number of rotatable bonds is 5. The molecule has 0 amide bonds. The Balaban J connectivity index is 2.52. The maximum Gasteiger partial charge on any atom is 0.317 e. The Hall–Kier alpha value is -0.590. The largest absolute Gasteiger partial charge is 0.480 e. The zero-order valence-corrected chi connectivity index (χ0v) is 8.48. The first-order valence-electron chi connectivity index (χ1n) is 3.73. The van der Waals surface area contributed by atoms with Crippen molar-refractivity contribution in [3.05, 3.63) is 11.6 Å². The van der Waals surface area contributed by atoms with Crippen LogP contribution in [-0.2, 0) is 4.79 Å². The van der Waals surface area contributed by atoms with Gasteiger partial charge in [-0.1, -0.05) is 11.8 Å². The van der Waals surface area contributed by atoms with Crippen LogP contribution in [0.3, 0.4) is 0 Å². The summed E-state index contributed by atoms with van der Waals surface area (Å²) >= 11 is 2.70. The molecule has 13 heavy (non-hydrogen) atoms. The van der Waals surface area contributed by atoms with E-state index in [9.17, 15) is 4.79 Å². The summed E-state index contributed by atoms with van der Waals surface area (Å²) in [7, 11) is 0. The fourth-order valence-electron chi connectivity index (χ4n) is 0.774. The van der Waals surface area contributed by atoms with Gasteiger partial charge >= 0.3 is 5.97 Å². The van der Waals surface area contributed by atoms with Crippen LogP contribution in [0.5, 0.6) is 0 Å². The van der Waals surface area contributed by atoms with Crippen LogP contribution in [0.15, 0.2) is 15.9 Å². The van der Waals surface area contributed by atoms with Gasteiger partial charge in [0.25, 0.3) is 0 Å². The van der Waals surface area contributed by atoms with Gasteiger partial charge in [0.2, 0.25) is 0 Å². The predicted molar refractivity (Wildman–Crippen MR) is 53.1 cm³/mol. The van der Waals surface area contributed by atoms with Crippen LogP contribution < -0.4 is 5.73 Å². The van der Waals surface area contributed by atoms with E-state index in [2.05, 4.69) is 4.98 Å². The molecule has 72 valence electrons. The third kappa shape index (κ3) is 3.33. The lowest BCUT2D eigenvalue weighted by Gasteiger charge is -2.07. The van der Waals surface area contributed by atoms with Crippen LogP contribution in [0.25, 0.3) is 0 Å². The van der Waals surface area contributed by atoms with Gasteiger partial charge in [-0.3, -0.25) is 4.79 Å². The molecular formula is C7H10N2O2S2. The van der Waals surface area contributed by atoms with Crippen LogP contribution in [-0.4, -0.2) is 27.9 Å². The molecule has 1 unspecified atom stereocenters. The fraction of sp³-hybridized carbons (Fsp3) is 0.429. The van der Waals surface area contributed by atoms with E-state index in [4.69, 9.17) is 10.8 Å². The second-order valence-corrected chi connectivity index (χ2v) is 4.66. The monoisotopic (exact) mass is 218 g/mol. The molecule has 6 heteroatoms. The summed E-state index contributed by atoms with van der Waals surface area (Å²) in [6.07, 6.45) is 2.13. The van der Waals surface area contributed by atoms with Gasteiger partial charge in [0.1, 0.15) is 5.25 Å². The maximum absolute atomic E-state index is 10.7. The topological polar surface area (TPSA) is 76.2 Å². The predicted octanol–water partition coefficient (Wildman–Crippen LogP) is 1.04. The van der Waals surface area contributed by atoms with Gasteiger partial charge in [0.15, 0.2) is 4.34 Å². The molecule has 0 radical (unpaired) electrons. The molecule has 0 aliphatic heterocycles. The SMILES string of the molecule is NCCC(Sc1nccs1)C(=O)O. The summed E-state index contributed by atoms with van der Waals surface area (Å²) in [5, 5.41) is 10.2. The van der Waals surface area contributed by atoms with Crippen molar-refractivity contribution in [2.24, 2.45) is 5.73 Å². The number of carboxylic acid groups (broad SMARTS) is 1. The summed E-state index contributed by atoms with van der Waals surface area (Å²) in [5.41, 5.74) is 5.30. The third-order valence-electron chi connectivity index (χ3n) is 1.36. The van der Waals surface area contributed by atoms with Gasteiger partial charge in [-0.05, 0) is 13.0 Å². The first-order valence-corrected chi connectivity index (χ1v) is 5.49. The van der Waals surface area contributed by atoms with Crippen LogP contribution >= 0.6 is 23.1 Å². The van der Waals surface area contributed by atoms with Gasteiger partial charge < -0.3 is 10.8 Å². The smallest absolute Gasteiger partial charge is 0.317 e. The number of carboxylic acids is 1. The van der Waals surface area contributed by atoms with Gasteiger partial charge in [0.05, 0.1) is 0 Å². The van der Waals surface area contributed by atoms with Crippen molar-refractivity contribution in [3.8, 4) is 0 Å². The normalized spacial score (nSPS) is 12.7. The molecule has 0 fully saturated rings. The molecule has 4 nitrogen and oxygen atoms in total. The molecule has 0 aliphatic carbocycles. The Labute approximate surface area is 84.2 Å². The Kier molecular flexibility index (Phi) is 4.20. The van der Waals surface area contributed by atoms with Crippen molar-refractivity contribution in [1.29, 1.82) is 0 Å². The molecule has 1 atom stereocenters. The van der Waals surface area contributed by atoms with Gasteiger partial charge in [-0.15, -0.1) is 11.3 Å². The molecule has 0 saturated carbocycles. The van der Waals surface area contributed by atoms with Crippen LogP contribution in [0, 0.1) is 0 Å². The van der Waals surface area contributed by atoms with E-state index in [-0.39, 0.29) is 0 Å². The first-order chi connectivity index (χ1) is 6.24. The van der Waals surface area contributed by atoms with E-state index in [1.54, 1.807) is 6.20 Å². The minimum absolute atomic E-state index is 0.384. The highest BCUT2D eigenvalue weighted by Crippen LogP contribution is 2.26. The number of hydrogen-bond acceptors (Lipinski definition) is 5. The first kappa shape index (κ1) is 10.5. The number of thiazole rings is 1. The number of carbonyl (C=O) groups is 1. The summed E-state index contributed by atoms with van der Waals surface area (Å²) in [6.45, 7) is 0.384. The zero-order chi connectivity index (χ0) is 9.68. The third-order valence-corrected chi connectivity index (χ3v) is 3.53. The molecule has 0 aliphatic rings. The van der Waals surface area contributed by atoms with Crippen LogP contribution in [0.1, 0.15) is 6.42 Å². The summed E-state index contributed by atoms with van der Waals surface area (Å²) < 4.78 is 0.779. The number of aromatic nitrogens is 1. The molecule has 3 N–H and O–H groups in total. The second kappa shape index (κ2) is 5.21. The lowest BCUT2D eigenvalue weighted by molar-refractivity contribution is -0.136. The minimum atomic E-state index is -0.828. The van der Waals surface area contributed by atoms with E-state index in [0.717, 1.165) is 4.34 Å². The highest BCUT2D eigenvalue weighted by Gasteiger charge is 2.18. The maximum atomic E-state index is 10.7. The Bertz CT molecular complexity index is 263. The average Bonchev–Trinajstić information content (AvgIpc) is 2.56. The lowest BCUT2D eigenvalue weighted by atomic mass is 10.3. The highest BCUT2D eigenvalue weighted by molar-refractivity contribution is 8.02. The second-order valence-electron chi connectivity index (χ2n) is 2.32. The van der Waals surface area contributed by atoms with Crippen molar-refractivity contribution in [2.45, 2.75) is 16.0 Å². The van der Waals surface area contributed by atoms with Crippen molar-refractivity contribution in [3.63, 3.8) is 0 Å². The molecule has 1 rings (SSSR count). The molecule has 1 aromatic heterocycles. The summed E-state index contributed by atoms with van der Waals surface area (Å²) in [4.78, 5) is 14.7. The van der Waals surface area contributed by atoms with E-state index < -0.39 is 11.2 Å². The van der Waals surface area contributed by atoms with Gasteiger partial charge in [-0.25, -0.2) is 4.98 Å². The summed E-state index contributed by atoms with van der Waals surface area (Å²) in [5.74, 6) is -0.828. The molecule has 1 aromatic rings. The average molecular weight is 218 g/mol. The minimum Gasteiger partial charge on any atom is -0.480 e. The van der Waals surface area contributed by atoms with E-state index in [1.807, 2.05) is 5.38 Å². The van der Waals surface area contributed by atoms with Gasteiger partial charge in [-0.2, -0.15) is 0 Å². The van der Waals surface area contributed by atoms with Crippen molar-refractivity contribution >= 4 is 29.1 Å². The highest BCUT2D eigenvalue weighted by atomic mass is 32.2. The lowest BCUT2D eigenvalue weighted by Crippen LogP contribution is -2.20. The molecule has 0 aromatic carbocycles. The van der Waals surface area contributed by atoms with E-state index in [0.29, 0.717) is 13.0 Å². The van der Waals surface area contributed by atoms with E-state index in [1.165, 1.54) is 23.1 Å². The Morgan fingerprint density at radius 2 is 2.62 bits per heavy atom. The fourth-order valence-corrected chi connectivity index (χ4v) is 2.59. The summed E-state index contributed by atoms with van der Waals surface area (Å²) in [6, 6.07) is 0. The Morgan fingerprint density at radius 1 is 1.85 bits per heavy atom. The number of thioether (sulfide) groups is 1. The van der Waals surface area contributed by atoms with Crippen LogP contribution in [0.4, 0.5) is 0 Å². The molecule has 0 bridgehead atoms. The number of aliphatic carboxylic acids is 1. The molecular weight excluding hydrogens is 208 g/mol.